The third-order valence-electron chi connectivity index (χ3n) is 9.56. The molecule has 13 heteroatoms. The molecule has 2 aliphatic heterocycles. The number of carbonyl (C=O) groups excluding carboxylic acids is 2. The standard InChI is InChI=1S/C33H34Cl2N4O7/c1-4-37(5-2)12-13-38-31(43)22-20-15-8-6-10-17(34)24(15)36-25(20)27-21(23(22)32(38)44)16-9-7-11-18(35)26(16)39(27)33-29(42)28(41)30(45-3)19(14-40)46-33/h6-11,19,28-30,33,36,40-42H,4-5,12-14H2,1-3H3/t19-,28-,29-,30-,33-/m1/s1. The molecule has 0 bridgehead atoms. The number of hydrogen-bond donors (Lipinski definition) is 4. The van der Waals surface area contributed by atoms with Crippen LogP contribution in [0.5, 0.6) is 0 Å². The zero-order chi connectivity index (χ0) is 32.6. The van der Waals surface area contributed by atoms with E-state index in [0.29, 0.717) is 60.2 Å². The first-order valence-corrected chi connectivity index (χ1v) is 16.1. The van der Waals surface area contributed by atoms with Gasteiger partial charge in [0.05, 0.1) is 49.8 Å². The summed E-state index contributed by atoms with van der Waals surface area (Å²) in [4.78, 5) is 35.6. The van der Waals surface area contributed by atoms with E-state index in [1.165, 1.54) is 12.0 Å². The number of nitrogens with one attached hydrogen (secondary N) is 1. The van der Waals surface area contributed by atoms with Crippen molar-refractivity contribution >= 4 is 78.6 Å². The molecule has 46 heavy (non-hydrogen) atoms. The molecule has 2 amide bonds. The number of halogens is 2. The maximum Gasteiger partial charge on any atom is 0.262 e. The number of rotatable bonds is 8. The molecule has 0 spiro atoms. The number of amides is 2. The average molecular weight is 670 g/mol. The van der Waals surface area contributed by atoms with Crippen molar-refractivity contribution in [2.45, 2.75) is 44.5 Å². The first-order valence-electron chi connectivity index (χ1n) is 15.3. The van der Waals surface area contributed by atoms with Crippen molar-refractivity contribution in [3.05, 3.63) is 57.6 Å². The highest BCUT2D eigenvalue weighted by atomic mass is 35.5. The molecular formula is C33H34Cl2N4O7. The molecule has 1 saturated heterocycles. The molecule has 11 nitrogen and oxygen atoms in total. The van der Waals surface area contributed by atoms with E-state index >= 15 is 0 Å². The zero-order valence-corrected chi connectivity index (χ0v) is 27.0. The molecule has 0 radical (unpaired) electrons. The lowest BCUT2D eigenvalue weighted by atomic mass is 9.96. The van der Waals surface area contributed by atoms with Crippen LogP contribution in [0.2, 0.25) is 10.0 Å². The van der Waals surface area contributed by atoms with Crippen LogP contribution in [0.25, 0.3) is 43.6 Å². The predicted molar refractivity (Wildman–Crippen MR) is 176 cm³/mol. The highest BCUT2D eigenvalue weighted by molar-refractivity contribution is 6.43. The molecule has 5 atom stereocenters. The molecule has 1 fully saturated rings. The van der Waals surface area contributed by atoms with Crippen LogP contribution in [0.15, 0.2) is 36.4 Å². The van der Waals surface area contributed by atoms with Crippen molar-refractivity contribution in [1.29, 1.82) is 0 Å². The summed E-state index contributed by atoms with van der Waals surface area (Å²) in [5, 5.41) is 35.7. The number of aliphatic hydroxyl groups is 3. The van der Waals surface area contributed by atoms with Gasteiger partial charge in [-0.15, -0.1) is 0 Å². The van der Waals surface area contributed by atoms with E-state index in [1.54, 1.807) is 34.9 Å². The Morgan fingerprint density at radius 3 is 2.22 bits per heavy atom. The van der Waals surface area contributed by atoms with E-state index in [4.69, 9.17) is 32.7 Å². The van der Waals surface area contributed by atoms with Gasteiger partial charge in [0.15, 0.2) is 6.23 Å². The monoisotopic (exact) mass is 668 g/mol. The molecule has 0 saturated carbocycles. The minimum Gasteiger partial charge on any atom is -0.394 e. The predicted octanol–water partition coefficient (Wildman–Crippen LogP) is 4.30. The first-order chi connectivity index (χ1) is 22.2. The number of nitrogens with zero attached hydrogens (tertiary/aromatic N) is 3. The quantitative estimate of drug-likeness (QED) is 0.180. The van der Waals surface area contributed by atoms with Crippen LogP contribution in [-0.4, -0.2) is 111 Å². The summed E-state index contributed by atoms with van der Waals surface area (Å²) < 4.78 is 13.3. The molecule has 0 aliphatic carbocycles. The zero-order valence-electron chi connectivity index (χ0n) is 25.5. The Balaban J connectivity index is 1.61. The number of likely N-dealkylation sites (N-methyl/N-ethyl adjacent to an activating group) is 1. The maximum absolute atomic E-state index is 14.4. The topological polar surface area (TPSA) is 140 Å². The molecule has 2 aromatic heterocycles. The van der Waals surface area contributed by atoms with Gasteiger partial charge in [-0.1, -0.05) is 61.3 Å². The molecule has 3 aromatic carbocycles. The molecule has 5 aromatic rings. The highest BCUT2D eigenvalue weighted by Crippen LogP contribution is 2.49. The van der Waals surface area contributed by atoms with Crippen molar-refractivity contribution in [2.24, 2.45) is 0 Å². The minimum atomic E-state index is -1.53. The van der Waals surface area contributed by atoms with E-state index in [9.17, 15) is 24.9 Å². The number of benzene rings is 3. The minimum absolute atomic E-state index is 0.201. The molecular weight excluding hydrogens is 635 g/mol. The van der Waals surface area contributed by atoms with E-state index in [-0.39, 0.29) is 17.7 Å². The number of imide groups is 1. The number of aliphatic hydroxyl groups excluding tert-OH is 3. The third kappa shape index (κ3) is 4.34. The second-order valence-corrected chi connectivity index (χ2v) is 12.5. The number of hydrogen-bond acceptors (Lipinski definition) is 8. The van der Waals surface area contributed by atoms with Gasteiger partial charge in [-0.25, -0.2) is 0 Å². The van der Waals surface area contributed by atoms with Gasteiger partial charge in [-0.2, -0.15) is 0 Å². The number of aromatic nitrogens is 2. The van der Waals surface area contributed by atoms with Gasteiger partial charge in [0.1, 0.15) is 24.4 Å². The van der Waals surface area contributed by atoms with Crippen molar-refractivity contribution < 1.29 is 34.4 Å². The maximum atomic E-state index is 14.4. The summed E-state index contributed by atoms with van der Waals surface area (Å²) in [6.45, 7) is 5.83. The Morgan fingerprint density at radius 1 is 0.913 bits per heavy atom. The summed E-state index contributed by atoms with van der Waals surface area (Å²) in [7, 11) is 1.36. The lowest BCUT2D eigenvalue weighted by molar-refractivity contribution is -0.255. The van der Waals surface area contributed by atoms with Gasteiger partial charge >= 0.3 is 0 Å². The van der Waals surface area contributed by atoms with Gasteiger partial charge in [0.2, 0.25) is 0 Å². The van der Waals surface area contributed by atoms with Gasteiger partial charge in [-0.3, -0.25) is 14.5 Å². The highest BCUT2D eigenvalue weighted by Gasteiger charge is 2.48. The number of fused-ring (bicyclic) bond motifs is 10. The van der Waals surface area contributed by atoms with Crippen LogP contribution < -0.4 is 0 Å². The molecule has 2 aliphatic rings. The number of para-hydroxylation sites is 2. The van der Waals surface area contributed by atoms with Crippen LogP contribution >= 0.6 is 23.2 Å². The molecule has 7 rings (SSSR count). The average Bonchev–Trinajstić information content (AvgIpc) is 3.68. The van der Waals surface area contributed by atoms with Gasteiger partial charge in [0, 0.05) is 41.7 Å². The largest absolute Gasteiger partial charge is 0.394 e. The van der Waals surface area contributed by atoms with Crippen LogP contribution in [0.1, 0.15) is 40.8 Å². The summed E-state index contributed by atoms with van der Waals surface area (Å²) in [6, 6.07) is 10.6. The Morgan fingerprint density at radius 2 is 1.57 bits per heavy atom. The normalized spacial score (nSPS) is 23.7. The fourth-order valence-corrected chi connectivity index (χ4v) is 7.78. The number of aromatic amines is 1. The van der Waals surface area contributed by atoms with Crippen LogP contribution in [0.3, 0.4) is 0 Å². The molecule has 242 valence electrons. The Kier molecular flexibility index (Phi) is 8.02. The first kappa shape index (κ1) is 31.3. The summed E-state index contributed by atoms with van der Waals surface area (Å²) in [5.74, 6) is -0.845. The lowest BCUT2D eigenvalue weighted by Gasteiger charge is -2.42. The van der Waals surface area contributed by atoms with E-state index in [2.05, 4.69) is 9.88 Å². The van der Waals surface area contributed by atoms with Crippen molar-refractivity contribution in [3.8, 4) is 0 Å². The van der Waals surface area contributed by atoms with E-state index < -0.39 is 49.1 Å². The van der Waals surface area contributed by atoms with Gasteiger partial charge in [-0.05, 0) is 25.2 Å². The number of ether oxygens (including phenoxy) is 2. The number of methoxy groups -OCH3 is 1. The Labute approximate surface area is 273 Å². The second-order valence-electron chi connectivity index (χ2n) is 11.7. The number of H-pyrrole nitrogens is 1. The van der Waals surface area contributed by atoms with Crippen LogP contribution in [-0.2, 0) is 9.47 Å². The third-order valence-corrected chi connectivity index (χ3v) is 10.2. The van der Waals surface area contributed by atoms with E-state index in [1.807, 2.05) is 19.9 Å². The number of carbonyl (C=O) groups is 2. The fourth-order valence-electron chi connectivity index (χ4n) is 7.29. The van der Waals surface area contributed by atoms with Gasteiger partial charge in [0.25, 0.3) is 11.8 Å². The molecule has 4 N–H and O–H groups in total. The van der Waals surface area contributed by atoms with Crippen molar-refractivity contribution in [2.75, 3.05) is 39.9 Å². The van der Waals surface area contributed by atoms with Gasteiger partial charge < -0.3 is 39.2 Å². The Hall–Kier alpha value is -3.26. The summed E-state index contributed by atoms with van der Waals surface area (Å²) in [5.41, 5.74) is 2.38. The van der Waals surface area contributed by atoms with Crippen molar-refractivity contribution in [1.82, 2.24) is 19.4 Å². The second kappa shape index (κ2) is 11.8. The lowest BCUT2D eigenvalue weighted by Crippen LogP contribution is -2.57. The van der Waals surface area contributed by atoms with E-state index in [0.717, 1.165) is 13.1 Å². The fraction of sp³-hybridized carbons (Fsp3) is 0.394. The molecule has 4 heterocycles. The summed E-state index contributed by atoms with van der Waals surface area (Å²) >= 11 is 13.6. The van der Waals surface area contributed by atoms with Crippen molar-refractivity contribution in [3.63, 3.8) is 0 Å². The summed E-state index contributed by atoms with van der Waals surface area (Å²) in [6.07, 6.45) is -6.23. The molecule has 0 unspecified atom stereocenters. The SMILES string of the molecule is CCN(CC)CCN1C(=O)c2c(c3c4cccc(Cl)c4n([C@@H]4O[C@H](CO)[C@@H](OC)[C@H](O)[C@H]4O)c3c3[nH]c4c(Cl)cccc4c23)C1=O. The van der Waals surface area contributed by atoms with Crippen LogP contribution in [0, 0.1) is 0 Å². The Bertz CT molecular complexity index is 2040. The van der Waals surface area contributed by atoms with Crippen LogP contribution in [0.4, 0.5) is 0 Å². The smallest absolute Gasteiger partial charge is 0.262 e.